The van der Waals surface area contributed by atoms with Gasteiger partial charge in [-0.05, 0) is 48.3 Å². The van der Waals surface area contributed by atoms with Crippen LogP contribution in [0.25, 0.3) is 0 Å². The molecule has 0 aromatic rings. The second kappa shape index (κ2) is 26.3. The molecule has 0 heterocycles. The van der Waals surface area contributed by atoms with E-state index in [2.05, 4.69) is 62.3 Å². The zero-order valence-electron chi connectivity index (χ0n) is 31.5. The molecule has 0 saturated carbocycles. The van der Waals surface area contributed by atoms with Crippen LogP contribution in [0.5, 0.6) is 0 Å². The Morgan fingerprint density at radius 3 is 1.07 bits per heavy atom. The fraction of sp³-hybridized carbons (Fsp3) is 0.974. The summed E-state index contributed by atoms with van der Waals surface area (Å²) in [5.41, 5.74) is -1.93. The van der Waals surface area contributed by atoms with Crippen LogP contribution in [0, 0.1) is 39.9 Å². The highest BCUT2D eigenvalue weighted by molar-refractivity contribution is 5.77. The van der Waals surface area contributed by atoms with Crippen molar-refractivity contribution in [3.8, 4) is 0 Å². The molecule has 0 aliphatic rings. The molecule has 0 spiro atoms. The van der Waals surface area contributed by atoms with Crippen LogP contribution in [0.4, 0.5) is 0 Å². The van der Waals surface area contributed by atoms with Gasteiger partial charge in [0.25, 0.3) is 0 Å². The first-order valence-corrected chi connectivity index (χ1v) is 19.1. The van der Waals surface area contributed by atoms with Crippen LogP contribution in [0.3, 0.4) is 0 Å². The van der Waals surface area contributed by atoms with E-state index in [1.807, 2.05) is 0 Å². The Morgan fingerprint density at radius 1 is 0.489 bits per heavy atom. The number of hydrogen-bond acceptors (Lipinski definition) is 5. The van der Waals surface area contributed by atoms with Crippen molar-refractivity contribution < 1.29 is 30.3 Å². The summed E-state index contributed by atoms with van der Waals surface area (Å²) >= 11 is 0. The monoisotopic (exact) mass is 645 g/mol. The third-order valence-corrected chi connectivity index (χ3v) is 11.4. The van der Waals surface area contributed by atoms with Crippen LogP contribution >= 0.6 is 0 Å². The van der Waals surface area contributed by atoms with Gasteiger partial charge in [0.05, 0.1) is 37.3 Å². The van der Waals surface area contributed by atoms with Crippen LogP contribution in [-0.4, -0.2) is 57.9 Å². The molecule has 0 aliphatic carbocycles. The summed E-state index contributed by atoms with van der Waals surface area (Å²) in [5.74, 6) is 0.783. The zero-order valence-corrected chi connectivity index (χ0v) is 31.5. The quantitative estimate of drug-likeness (QED) is 0.0541. The maximum absolute atomic E-state index is 14.0. The van der Waals surface area contributed by atoms with Crippen molar-refractivity contribution in [2.45, 2.75) is 178 Å². The molecule has 6 nitrogen and oxygen atoms in total. The Balaban J connectivity index is 0. The van der Waals surface area contributed by atoms with Gasteiger partial charge in [-0.25, -0.2) is 0 Å². The molecule has 5 N–H and O–H groups in total. The van der Waals surface area contributed by atoms with Gasteiger partial charge in [-0.2, -0.15) is 0 Å². The first-order chi connectivity index (χ1) is 21.4. The van der Waals surface area contributed by atoms with Crippen molar-refractivity contribution in [2.24, 2.45) is 39.9 Å². The van der Waals surface area contributed by atoms with Crippen molar-refractivity contribution in [3.63, 3.8) is 0 Å². The average molecular weight is 645 g/mol. The molecule has 0 radical (unpaired) electrons. The van der Waals surface area contributed by atoms with E-state index in [9.17, 15) is 9.90 Å². The van der Waals surface area contributed by atoms with Crippen molar-refractivity contribution in [3.05, 3.63) is 0 Å². The molecule has 0 saturated heterocycles. The van der Waals surface area contributed by atoms with E-state index in [0.29, 0.717) is 11.8 Å². The predicted octanol–water partition coefficient (Wildman–Crippen LogP) is 9.65. The lowest BCUT2D eigenvalue weighted by molar-refractivity contribution is -0.194. The van der Waals surface area contributed by atoms with Gasteiger partial charge in [-0.3, -0.25) is 4.79 Å². The molecular formula is C39H80O6. The summed E-state index contributed by atoms with van der Waals surface area (Å²) in [6.07, 6.45) is 21.1. The molecule has 0 amide bonds. The molecule has 4 atom stereocenters. The molecule has 0 bridgehead atoms. The van der Waals surface area contributed by atoms with Gasteiger partial charge in [0.2, 0.25) is 0 Å². The van der Waals surface area contributed by atoms with E-state index in [4.69, 9.17) is 20.4 Å². The fourth-order valence-electron chi connectivity index (χ4n) is 8.36. The maximum Gasteiger partial charge on any atom is 0.310 e. The first-order valence-electron chi connectivity index (χ1n) is 19.1. The van der Waals surface area contributed by atoms with Gasteiger partial charge >= 0.3 is 5.97 Å². The van der Waals surface area contributed by atoms with Gasteiger partial charge in [-0.1, -0.05) is 159 Å². The summed E-state index contributed by atoms with van der Waals surface area (Å²) in [5, 5.41) is 45.5. The minimum absolute atomic E-state index is 0.157. The lowest BCUT2D eigenvalue weighted by atomic mass is 9.42. The minimum Gasteiger partial charge on any atom is -0.481 e. The van der Waals surface area contributed by atoms with Crippen molar-refractivity contribution >= 4 is 5.97 Å². The molecule has 45 heavy (non-hydrogen) atoms. The molecule has 0 aliphatic heterocycles. The number of carbonyl (C=O) groups is 1. The Hall–Kier alpha value is -0.690. The van der Waals surface area contributed by atoms with E-state index < -0.39 is 43.2 Å². The number of aliphatic carboxylic acids is 1. The summed E-state index contributed by atoms with van der Waals surface area (Å²) in [7, 11) is 0. The van der Waals surface area contributed by atoms with E-state index in [0.717, 1.165) is 57.8 Å². The fourth-order valence-corrected chi connectivity index (χ4v) is 8.36. The smallest absolute Gasteiger partial charge is 0.310 e. The van der Waals surface area contributed by atoms with Gasteiger partial charge in [0.1, 0.15) is 0 Å². The van der Waals surface area contributed by atoms with Crippen LogP contribution in [0.2, 0.25) is 0 Å². The van der Waals surface area contributed by atoms with Crippen molar-refractivity contribution in [1.82, 2.24) is 0 Å². The number of aliphatic hydroxyl groups is 4. The Morgan fingerprint density at radius 2 is 0.800 bits per heavy atom. The molecular weight excluding hydrogens is 564 g/mol. The minimum atomic E-state index is -1.11. The van der Waals surface area contributed by atoms with Gasteiger partial charge in [0, 0.05) is 0 Å². The predicted molar refractivity (Wildman–Crippen MR) is 191 cm³/mol. The third kappa shape index (κ3) is 13.4. The largest absolute Gasteiger partial charge is 0.481 e. The average Bonchev–Trinajstić information content (AvgIpc) is 3.04. The molecule has 4 unspecified atom stereocenters. The van der Waals surface area contributed by atoms with E-state index >= 15 is 0 Å². The molecule has 0 aromatic heterocycles. The number of hydrogen-bond donors (Lipinski definition) is 5. The van der Waals surface area contributed by atoms with Gasteiger partial charge in [0.15, 0.2) is 0 Å². The normalized spacial score (nSPS) is 17.4. The zero-order chi connectivity index (χ0) is 34.9. The Kier molecular flexibility index (Phi) is 27.1. The maximum atomic E-state index is 14.0. The second-order valence-corrected chi connectivity index (χ2v) is 14.7. The SMILES string of the molecule is CCCCCCCC(C(C)CCCC)(C(C)CCCC)C(C(=O)O)(C(C)CCCC)C(C)CCCC.OCC(CO)(CO)CO. The summed E-state index contributed by atoms with van der Waals surface area (Å²) in [4.78, 5) is 14.0. The highest BCUT2D eigenvalue weighted by Gasteiger charge is 2.64. The second-order valence-electron chi connectivity index (χ2n) is 14.7. The number of unbranched alkanes of at least 4 members (excludes halogenated alkanes) is 8. The molecule has 272 valence electrons. The summed E-state index contributed by atoms with van der Waals surface area (Å²) in [6.45, 7) is 19.3. The Bertz CT molecular complexity index is 646. The topological polar surface area (TPSA) is 118 Å². The lowest BCUT2D eigenvalue weighted by Gasteiger charge is -2.61. The van der Waals surface area contributed by atoms with Gasteiger partial charge in [-0.15, -0.1) is 0 Å². The van der Waals surface area contributed by atoms with Crippen molar-refractivity contribution in [1.29, 1.82) is 0 Å². The van der Waals surface area contributed by atoms with Gasteiger partial charge < -0.3 is 25.5 Å². The number of carboxylic acids is 1. The third-order valence-electron chi connectivity index (χ3n) is 11.4. The van der Waals surface area contributed by atoms with Crippen LogP contribution in [0.1, 0.15) is 178 Å². The molecule has 0 aromatic carbocycles. The first kappa shape index (κ1) is 46.4. The summed E-state index contributed by atoms with van der Waals surface area (Å²) in [6, 6.07) is 0. The number of carboxylic acid groups (broad SMARTS) is 1. The molecule has 0 fully saturated rings. The van der Waals surface area contributed by atoms with E-state index in [1.54, 1.807) is 0 Å². The molecule has 0 rings (SSSR count). The summed E-state index contributed by atoms with van der Waals surface area (Å²) < 4.78 is 0. The highest BCUT2D eigenvalue weighted by Crippen LogP contribution is 2.64. The van der Waals surface area contributed by atoms with Crippen LogP contribution in [0.15, 0.2) is 0 Å². The number of rotatable bonds is 28. The number of aliphatic hydroxyl groups excluding tert-OH is 4. The standard InChI is InChI=1S/C34H68O2.C5H12O4/c1-10-15-20-21-22-27-33(28(6)23-16-11-2,29(7)24-17-12-3)34(32(35)36,30(8)25-18-13-4)31(9)26-19-14-5;6-1-5(2-7,3-8)4-9/h28-31H,10-27H2,1-9H3,(H,35,36);6-9H,1-4H2. The van der Waals surface area contributed by atoms with Crippen LogP contribution < -0.4 is 0 Å². The van der Waals surface area contributed by atoms with Crippen molar-refractivity contribution in [2.75, 3.05) is 26.4 Å². The lowest BCUT2D eigenvalue weighted by Crippen LogP contribution is -2.61. The highest BCUT2D eigenvalue weighted by atomic mass is 16.4. The van der Waals surface area contributed by atoms with E-state index in [1.165, 1.54) is 57.8 Å². The van der Waals surface area contributed by atoms with E-state index in [-0.39, 0.29) is 17.3 Å². The Labute approximate surface area is 280 Å². The molecule has 6 heteroatoms. The van der Waals surface area contributed by atoms with Crippen LogP contribution in [-0.2, 0) is 4.79 Å².